The maximum Gasteiger partial charge on any atom is 0.573 e. The predicted octanol–water partition coefficient (Wildman–Crippen LogP) is 3.40. The normalized spacial score (nSPS) is 28.1. The third-order valence-corrected chi connectivity index (χ3v) is 5.51. The minimum Gasteiger partial charge on any atom is -0.406 e. The third-order valence-electron chi connectivity index (χ3n) is 5.51. The lowest BCUT2D eigenvalue weighted by Gasteiger charge is -2.44. The van der Waals surface area contributed by atoms with Gasteiger partial charge in [-0.2, -0.15) is 0 Å². The number of hydrogen-bond donors (Lipinski definition) is 2. The van der Waals surface area contributed by atoms with E-state index in [1.54, 1.807) is 0 Å². The highest BCUT2D eigenvalue weighted by Crippen LogP contribution is 2.37. The van der Waals surface area contributed by atoms with Gasteiger partial charge in [0, 0.05) is 24.1 Å². The molecular formula is C19H23F3N2O3. The number of alkyl halides is 3. The van der Waals surface area contributed by atoms with Crippen molar-refractivity contribution in [3.63, 3.8) is 0 Å². The second kappa shape index (κ2) is 7.78. The summed E-state index contributed by atoms with van der Waals surface area (Å²) in [6.45, 7) is 2.10. The van der Waals surface area contributed by atoms with Crippen molar-refractivity contribution in [2.24, 2.45) is 11.8 Å². The van der Waals surface area contributed by atoms with Crippen molar-refractivity contribution in [1.82, 2.24) is 10.6 Å². The van der Waals surface area contributed by atoms with E-state index in [9.17, 15) is 22.8 Å². The predicted molar refractivity (Wildman–Crippen MR) is 92.0 cm³/mol. The van der Waals surface area contributed by atoms with Gasteiger partial charge in [-0.25, -0.2) is 0 Å². The Labute approximate surface area is 155 Å². The number of rotatable bonds is 4. The summed E-state index contributed by atoms with van der Waals surface area (Å²) in [6, 6.07) is 4.84. The van der Waals surface area contributed by atoms with Gasteiger partial charge in [0.2, 0.25) is 5.91 Å². The summed E-state index contributed by atoms with van der Waals surface area (Å²) in [7, 11) is 0. The van der Waals surface area contributed by atoms with E-state index in [0.29, 0.717) is 24.7 Å². The molecule has 1 aliphatic carbocycles. The van der Waals surface area contributed by atoms with Crippen LogP contribution in [0, 0.1) is 11.8 Å². The molecule has 5 nitrogen and oxygen atoms in total. The molecule has 1 saturated carbocycles. The fraction of sp³-hybridized carbons (Fsp3) is 0.579. The van der Waals surface area contributed by atoms with Crippen molar-refractivity contribution in [1.29, 1.82) is 0 Å². The average Bonchev–Trinajstić information content (AvgIpc) is 2.59. The van der Waals surface area contributed by atoms with Crippen LogP contribution in [0.4, 0.5) is 13.2 Å². The Morgan fingerprint density at radius 2 is 1.96 bits per heavy atom. The molecule has 0 radical (unpaired) electrons. The number of halogens is 3. The Kier molecular flexibility index (Phi) is 5.62. The Morgan fingerprint density at radius 3 is 2.59 bits per heavy atom. The van der Waals surface area contributed by atoms with Crippen LogP contribution < -0.4 is 15.4 Å². The lowest BCUT2D eigenvalue weighted by molar-refractivity contribution is -0.274. The van der Waals surface area contributed by atoms with Gasteiger partial charge in [0.25, 0.3) is 5.91 Å². The first kappa shape index (κ1) is 19.5. The molecule has 2 fully saturated rings. The Hall–Kier alpha value is -2.25. The van der Waals surface area contributed by atoms with Crippen LogP contribution in [0.15, 0.2) is 24.3 Å². The van der Waals surface area contributed by atoms with Crippen LogP contribution >= 0.6 is 0 Å². The Morgan fingerprint density at radius 1 is 1.26 bits per heavy atom. The van der Waals surface area contributed by atoms with Crippen LogP contribution in [-0.2, 0) is 4.79 Å². The first-order valence-corrected chi connectivity index (χ1v) is 9.21. The van der Waals surface area contributed by atoms with E-state index in [4.69, 9.17) is 0 Å². The average molecular weight is 384 g/mol. The van der Waals surface area contributed by atoms with E-state index in [1.807, 2.05) is 0 Å². The van der Waals surface area contributed by atoms with Gasteiger partial charge in [-0.3, -0.25) is 9.59 Å². The highest BCUT2D eigenvalue weighted by atomic mass is 19.4. The van der Waals surface area contributed by atoms with Crippen LogP contribution in [0.25, 0.3) is 0 Å². The number of ether oxygens (including phenoxy) is 1. The molecule has 4 atom stereocenters. The smallest absolute Gasteiger partial charge is 0.406 e. The SMILES string of the molecule is CCC1CC(=O)NC2CC(NC(=O)c3ccc(OC(F)(F)F)cc3)CCC12. The van der Waals surface area contributed by atoms with Gasteiger partial charge in [-0.15, -0.1) is 13.2 Å². The lowest BCUT2D eigenvalue weighted by Crippen LogP contribution is -2.55. The number of carbonyl (C=O) groups excluding carboxylic acids is 2. The quantitative estimate of drug-likeness (QED) is 0.836. The summed E-state index contributed by atoms with van der Waals surface area (Å²) in [4.78, 5) is 24.3. The van der Waals surface area contributed by atoms with E-state index in [0.717, 1.165) is 31.4 Å². The summed E-state index contributed by atoms with van der Waals surface area (Å²) in [6.07, 6.45) is -0.780. The topological polar surface area (TPSA) is 67.4 Å². The molecule has 2 N–H and O–H groups in total. The monoisotopic (exact) mass is 384 g/mol. The van der Waals surface area contributed by atoms with Gasteiger partial charge in [0.15, 0.2) is 0 Å². The van der Waals surface area contributed by atoms with Crippen molar-refractivity contribution >= 4 is 11.8 Å². The number of piperidine rings is 1. The van der Waals surface area contributed by atoms with Gasteiger partial charge < -0.3 is 15.4 Å². The summed E-state index contributed by atoms with van der Waals surface area (Å²) in [5.74, 6) is 0.192. The molecular weight excluding hydrogens is 361 g/mol. The number of benzene rings is 1. The Bertz CT molecular complexity index is 690. The minimum atomic E-state index is -4.76. The van der Waals surface area contributed by atoms with Crippen LogP contribution in [0.3, 0.4) is 0 Å². The van der Waals surface area contributed by atoms with Gasteiger partial charge in [-0.05, 0) is 55.4 Å². The highest BCUT2D eigenvalue weighted by molar-refractivity contribution is 5.94. The molecule has 4 unspecified atom stereocenters. The maximum atomic E-state index is 12.4. The molecule has 2 amide bonds. The van der Waals surface area contributed by atoms with Crippen molar-refractivity contribution in [2.45, 2.75) is 57.5 Å². The number of nitrogens with one attached hydrogen (secondary N) is 2. The molecule has 2 aliphatic rings. The first-order valence-electron chi connectivity index (χ1n) is 9.21. The first-order chi connectivity index (χ1) is 12.7. The van der Waals surface area contributed by atoms with Crippen molar-refractivity contribution in [3.8, 4) is 5.75 Å². The summed E-state index contributed by atoms with van der Waals surface area (Å²) in [5.41, 5.74) is 0.269. The van der Waals surface area contributed by atoms with Gasteiger partial charge in [-0.1, -0.05) is 13.3 Å². The van der Waals surface area contributed by atoms with Crippen LogP contribution in [0.5, 0.6) is 5.75 Å². The Balaban J connectivity index is 1.58. The molecule has 27 heavy (non-hydrogen) atoms. The number of carbonyl (C=O) groups is 2. The highest BCUT2D eigenvalue weighted by Gasteiger charge is 2.40. The fourth-order valence-electron chi connectivity index (χ4n) is 4.23. The molecule has 1 aliphatic heterocycles. The molecule has 0 spiro atoms. The number of hydrogen-bond acceptors (Lipinski definition) is 3. The van der Waals surface area contributed by atoms with E-state index in [2.05, 4.69) is 22.3 Å². The zero-order valence-electron chi connectivity index (χ0n) is 15.0. The molecule has 1 saturated heterocycles. The second-order valence-corrected chi connectivity index (χ2v) is 7.27. The number of amides is 2. The molecule has 0 bridgehead atoms. The van der Waals surface area contributed by atoms with Crippen LogP contribution in [-0.4, -0.2) is 30.3 Å². The molecule has 1 aromatic rings. The third kappa shape index (κ3) is 4.93. The van der Waals surface area contributed by atoms with Crippen molar-refractivity contribution < 1.29 is 27.5 Å². The van der Waals surface area contributed by atoms with Gasteiger partial charge >= 0.3 is 6.36 Å². The zero-order chi connectivity index (χ0) is 19.6. The molecule has 148 valence electrons. The summed E-state index contributed by atoms with van der Waals surface area (Å²) in [5, 5.41) is 5.97. The van der Waals surface area contributed by atoms with E-state index >= 15 is 0 Å². The van der Waals surface area contributed by atoms with E-state index in [-0.39, 0.29) is 35.2 Å². The maximum absolute atomic E-state index is 12.4. The number of fused-ring (bicyclic) bond motifs is 1. The standard InChI is InChI=1S/C19H23F3N2O3/c1-2-11-9-17(25)24-16-10-13(5-8-15(11)16)23-18(26)12-3-6-14(7-4-12)27-19(20,21)22/h3-4,6-7,11,13,15-16H,2,5,8-10H2,1H3,(H,23,26)(H,24,25). The van der Waals surface area contributed by atoms with Crippen molar-refractivity contribution in [3.05, 3.63) is 29.8 Å². The zero-order valence-corrected chi connectivity index (χ0v) is 15.0. The molecule has 1 aromatic carbocycles. The lowest BCUT2D eigenvalue weighted by atomic mass is 9.70. The second-order valence-electron chi connectivity index (χ2n) is 7.27. The van der Waals surface area contributed by atoms with Gasteiger partial charge in [0.1, 0.15) is 5.75 Å². The fourth-order valence-corrected chi connectivity index (χ4v) is 4.23. The van der Waals surface area contributed by atoms with Crippen LogP contribution in [0.1, 0.15) is 49.4 Å². The molecule has 1 heterocycles. The van der Waals surface area contributed by atoms with Gasteiger partial charge in [0.05, 0.1) is 0 Å². The summed E-state index contributed by atoms with van der Waals surface area (Å²) < 4.78 is 40.4. The molecule has 8 heteroatoms. The van der Waals surface area contributed by atoms with E-state index < -0.39 is 6.36 Å². The minimum absolute atomic E-state index is 0.0651. The van der Waals surface area contributed by atoms with Crippen LogP contribution in [0.2, 0.25) is 0 Å². The van der Waals surface area contributed by atoms with Crippen molar-refractivity contribution in [2.75, 3.05) is 0 Å². The van der Waals surface area contributed by atoms with E-state index in [1.165, 1.54) is 12.1 Å². The largest absolute Gasteiger partial charge is 0.573 e. The summed E-state index contributed by atoms with van der Waals surface area (Å²) >= 11 is 0. The molecule has 3 rings (SSSR count). The molecule has 0 aromatic heterocycles.